The maximum atomic E-state index is 4.11. The van der Waals surface area contributed by atoms with E-state index in [9.17, 15) is 0 Å². The lowest BCUT2D eigenvalue weighted by Gasteiger charge is -2.39. The van der Waals surface area contributed by atoms with Gasteiger partial charge >= 0.3 is 0 Å². The van der Waals surface area contributed by atoms with Crippen LogP contribution in [-0.2, 0) is 22.9 Å². The van der Waals surface area contributed by atoms with Crippen LogP contribution in [0.1, 0.15) is 60.1 Å². The highest BCUT2D eigenvalue weighted by Gasteiger charge is 2.62. The van der Waals surface area contributed by atoms with Gasteiger partial charge in [-0.05, 0) is 73.8 Å². The average Bonchev–Trinajstić information content (AvgIpc) is 3.33. The predicted octanol–water partition coefficient (Wildman–Crippen LogP) is 5.98. The summed E-state index contributed by atoms with van der Waals surface area (Å²) in [5, 5.41) is 4.11. The number of aryl methyl sites for hydroxylation is 1. The fourth-order valence-corrected chi connectivity index (χ4v) is 6.67. The van der Waals surface area contributed by atoms with Gasteiger partial charge in [0, 0.05) is 11.0 Å². The highest BCUT2D eigenvalue weighted by Crippen LogP contribution is 2.65. The first-order chi connectivity index (χ1) is 13.9. The highest BCUT2D eigenvalue weighted by molar-refractivity contribution is 5.57. The van der Waals surface area contributed by atoms with Gasteiger partial charge in [0.25, 0.3) is 0 Å². The first-order valence-corrected chi connectivity index (χ1v) is 11.0. The van der Waals surface area contributed by atoms with Crippen molar-refractivity contribution in [3.05, 3.63) is 106 Å². The molecule has 3 aromatic rings. The van der Waals surface area contributed by atoms with Crippen molar-refractivity contribution < 1.29 is 0 Å². The quantitative estimate of drug-likeness (QED) is 0.577. The SMILES string of the molecule is Cc1ccc(C[C@]23C[C@H]2C[C@@]2(C)N[C@@](C)(c4ccccc43)c3ccccc32)cc1. The van der Waals surface area contributed by atoms with Crippen LogP contribution >= 0.6 is 0 Å². The van der Waals surface area contributed by atoms with Gasteiger partial charge in [-0.3, -0.25) is 5.32 Å². The van der Waals surface area contributed by atoms with Gasteiger partial charge in [0.1, 0.15) is 0 Å². The lowest BCUT2D eigenvalue weighted by atomic mass is 9.75. The molecule has 0 aromatic heterocycles. The van der Waals surface area contributed by atoms with Crippen LogP contribution in [0.25, 0.3) is 0 Å². The number of nitrogens with one attached hydrogen (secondary N) is 1. The standard InChI is InChI=1S/C28H29N/c1-19-12-14-20(15-13-19)16-28-18-21(28)17-26(2)22-8-4-5-9-23(22)27(3,29-26)24-10-6-7-11-25(24)28/h4-15,21,29H,16-18H2,1-3H3/t21-,26-,27-,28+/m1/s1. The topological polar surface area (TPSA) is 12.0 Å². The predicted molar refractivity (Wildman–Crippen MR) is 119 cm³/mol. The van der Waals surface area contributed by atoms with Gasteiger partial charge in [0.15, 0.2) is 0 Å². The van der Waals surface area contributed by atoms with Gasteiger partial charge < -0.3 is 0 Å². The van der Waals surface area contributed by atoms with E-state index in [1.807, 2.05) is 0 Å². The molecule has 0 spiro atoms. The van der Waals surface area contributed by atoms with Crippen LogP contribution in [0, 0.1) is 12.8 Å². The van der Waals surface area contributed by atoms with E-state index < -0.39 is 0 Å². The van der Waals surface area contributed by atoms with Crippen LogP contribution in [0.2, 0.25) is 0 Å². The molecule has 3 aliphatic rings. The maximum absolute atomic E-state index is 4.11. The van der Waals surface area contributed by atoms with Crippen molar-refractivity contribution in [2.24, 2.45) is 5.92 Å². The maximum Gasteiger partial charge on any atom is 0.0674 e. The molecule has 3 aromatic carbocycles. The minimum Gasteiger partial charge on any atom is -0.294 e. The fraction of sp³-hybridized carbons (Fsp3) is 0.357. The van der Waals surface area contributed by atoms with Gasteiger partial charge in [-0.15, -0.1) is 0 Å². The zero-order valence-electron chi connectivity index (χ0n) is 17.6. The highest BCUT2D eigenvalue weighted by atomic mass is 15.1. The average molecular weight is 380 g/mol. The molecule has 4 atom stereocenters. The molecule has 0 saturated heterocycles. The smallest absolute Gasteiger partial charge is 0.0674 e. The van der Waals surface area contributed by atoms with E-state index in [0.29, 0.717) is 0 Å². The van der Waals surface area contributed by atoms with Crippen molar-refractivity contribution in [2.75, 3.05) is 0 Å². The summed E-state index contributed by atoms with van der Waals surface area (Å²) in [6.07, 6.45) is 3.66. The summed E-state index contributed by atoms with van der Waals surface area (Å²) in [6.45, 7) is 7.01. The van der Waals surface area contributed by atoms with Gasteiger partial charge in [-0.2, -0.15) is 0 Å². The molecule has 1 nitrogen and oxygen atoms in total. The number of hydrogen-bond donors (Lipinski definition) is 1. The Balaban J connectivity index is 1.55. The van der Waals surface area contributed by atoms with E-state index in [0.717, 1.165) is 12.3 Å². The lowest BCUT2D eigenvalue weighted by Crippen LogP contribution is -2.47. The van der Waals surface area contributed by atoms with Crippen LogP contribution in [0.5, 0.6) is 0 Å². The van der Waals surface area contributed by atoms with Gasteiger partial charge in [-0.1, -0.05) is 78.4 Å². The first-order valence-electron chi connectivity index (χ1n) is 11.0. The zero-order chi connectivity index (χ0) is 19.9. The molecule has 2 heterocycles. The molecular formula is C28H29N. The molecule has 2 aliphatic heterocycles. The Morgan fingerprint density at radius 3 is 2.03 bits per heavy atom. The molecule has 146 valence electrons. The number of fused-ring (bicyclic) bond motifs is 9. The largest absolute Gasteiger partial charge is 0.294 e. The minimum atomic E-state index is -0.129. The van der Waals surface area contributed by atoms with E-state index in [1.54, 1.807) is 5.56 Å². The molecule has 2 bridgehead atoms. The summed E-state index contributed by atoms with van der Waals surface area (Å²) < 4.78 is 0. The van der Waals surface area contributed by atoms with Crippen molar-refractivity contribution in [1.82, 2.24) is 5.32 Å². The normalized spacial score (nSPS) is 33.8. The van der Waals surface area contributed by atoms with Gasteiger partial charge in [-0.25, -0.2) is 0 Å². The molecule has 0 unspecified atom stereocenters. The Hall–Kier alpha value is -2.38. The number of hydrogen-bond acceptors (Lipinski definition) is 1. The third-order valence-corrected chi connectivity index (χ3v) is 8.12. The third-order valence-electron chi connectivity index (χ3n) is 8.12. The number of rotatable bonds is 2. The Kier molecular flexibility index (Phi) is 3.38. The summed E-state index contributed by atoms with van der Waals surface area (Å²) >= 11 is 0. The Morgan fingerprint density at radius 1 is 0.759 bits per heavy atom. The van der Waals surface area contributed by atoms with Crippen molar-refractivity contribution in [3.63, 3.8) is 0 Å². The van der Waals surface area contributed by atoms with Crippen LogP contribution in [-0.4, -0.2) is 0 Å². The molecule has 1 N–H and O–H groups in total. The van der Waals surface area contributed by atoms with Gasteiger partial charge in [0.2, 0.25) is 0 Å². The van der Waals surface area contributed by atoms with Crippen LogP contribution in [0.3, 0.4) is 0 Å². The van der Waals surface area contributed by atoms with E-state index in [1.165, 1.54) is 40.7 Å². The summed E-state index contributed by atoms with van der Waals surface area (Å²) in [5.74, 6) is 0.721. The monoisotopic (exact) mass is 379 g/mol. The van der Waals surface area contributed by atoms with Crippen molar-refractivity contribution in [1.29, 1.82) is 0 Å². The molecular weight excluding hydrogens is 350 g/mol. The molecule has 1 aliphatic carbocycles. The number of benzene rings is 3. The van der Waals surface area contributed by atoms with Crippen molar-refractivity contribution in [3.8, 4) is 0 Å². The fourth-order valence-electron chi connectivity index (χ4n) is 6.67. The molecule has 1 saturated carbocycles. The summed E-state index contributed by atoms with van der Waals surface area (Å²) in [6, 6.07) is 27.6. The molecule has 0 radical (unpaired) electrons. The van der Waals surface area contributed by atoms with E-state index in [4.69, 9.17) is 0 Å². The van der Waals surface area contributed by atoms with Crippen LogP contribution in [0.4, 0.5) is 0 Å². The van der Waals surface area contributed by atoms with Crippen molar-refractivity contribution in [2.45, 2.75) is 56.5 Å². The van der Waals surface area contributed by atoms with Crippen LogP contribution < -0.4 is 5.32 Å². The Bertz CT molecular complexity index is 1110. The summed E-state index contributed by atoms with van der Waals surface area (Å²) in [5.41, 5.74) is 9.00. The van der Waals surface area contributed by atoms with E-state index >= 15 is 0 Å². The molecule has 29 heavy (non-hydrogen) atoms. The second-order valence-corrected chi connectivity index (χ2v) is 10.1. The first kappa shape index (κ1) is 17.5. The van der Waals surface area contributed by atoms with Crippen LogP contribution in [0.15, 0.2) is 72.8 Å². The van der Waals surface area contributed by atoms with Gasteiger partial charge in [0.05, 0.1) is 5.54 Å². The third kappa shape index (κ3) is 2.31. The molecule has 1 heteroatoms. The van der Waals surface area contributed by atoms with E-state index in [2.05, 4.69) is 98.9 Å². The Morgan fingerprint density at radius 2 is 1.34 bits per heavy atom. The molecule has 0 amide bonds. The Labute approximate surface area is 174 Å². The summed E-state index contributed by atoms with van der Waals surface area (Å²) in [7, 11) is 0. The minimum absolute atomic E-state index is 0.0402. The molecule has 6 rings (SSSR count). The van der Waals surface area contributed by atoms with Crippen molar-refractivity contribution >= 4 is 0 Å². The zero-order valence-corrected chi connectivity index (χ0v) is 17.6. The lowest BCUT2D eigenvalue weighted by molar-refractivity contribution is 0.264. The summed E-state index contributed by atoms with van der Waals surface area (Å²) in [4.78, 5) is 0. The second kappa shape index (κ2) is 5.61. The van der Waals surface area contributed by atoms with E-state index in [-0.39, 0.29) is 16.5 Å². The molecule has 1 fully saturated rings. The second-order valence-electron chi connectivity index (χ2n) is 10.1.